The second kappa shape index (κ2) is 5.85. The summed E-state index contributed by atoms with van der Waals surface area (Å²) < 4.78 is 6.69. The zero-order valence-electron chi connectivity index (χ0n) is 10.8. The Bertz CT molecular complexity index is 433. The van der Waals surface area contributed by atoms with Gasteiger partial charge in [0.05, 0.1) is 10.2 Å². The third kappa shape index (κ3) is 2.86. The maximum atomic E-state index is 6.18. The van der Waals surface area contributed by atoms with E-state index in [0.29, 0.717) is 5.15 Å². The Hall–Kier alpha value is -0.190. The fourth-order valence-electron chi connectivity index (χ4n) is 2.21. The Kier molecular flexibility index (Phi) is 4.62. The van der Waals surface area contributed by atoms with E-state index in [4.69, 9.17) is 16.3 Å². The van der Waals surface area contributed by atoms with Gasteiger partial charge in [-0.2, -0.15) is 0 Å². The summed E-state index contributed by atoms with van der Waals surface area (Å²) in [4.78, 5) is 9.04. The SMILES string of the molecule is CCCc1nc(C2(C)CCCCO2)nc(Cl)c1Br. The molecule has 0 aliphatic carbocycles. The normalized spacial score (nSPS) is 24.2. The molecule has 0 saturated carbocycles. The van der Waals surface area contributed by atoms with E-state index in [-0.39, 0.29) is 5.60 Å². The first kappa shape index (κ1) is 14.2. The van der Waals surface area contributed by atoms with Crippen molar-refractivity contribution in [3.63, 3.8) is 0 Å². The number of hydrogen-bond acceptors (Lipinski definition) is 3. The van der Waals surface area contributed by atoms with Gasteiger partial charge >= 0.3 is 0 Å². The standard InChI is InChI=1S/C13H18BrClN2O/c1-3-6-9-10(14)11(15)17-12(16-9)13(2)7-4-5-8-18-13/h3-8H2,1-2H3. The largest absolute Gasteiger partial charge is 0.367 e. The highest BCUT2D eigenvalue weighted by Gasteiger charge is 2.34. The van der Waals surface area contributed by atoms with E-state index in [9.17, 15) is 0 Å². The molecule has 1 aliphatic rings. The van der Waals surface area contributed by atoms with Gasteiger partial charge in [0.25, 0.3) is 0 Å². The Morgan fingerprint density at radius 3 is 2.78 bits per heavy atom. The van der Waals surface area contributed by atoms with Crippen molar-refractivity contribution in [3.8, 4) is 0 Å². The van der Waals surface area contributed by atoms with Crippen molar-refractivity contribution in [2.45, 2.75) is 51.6 Å². The summed E-state index contributed by atoms with van der Waals surface area (Å²) in [5, 5.41) is 0.485. The second-order valence-electron chi connectivity index (χ2n) is 4.89. The molecule has 2 heterocycles. The van der Waals surface area contributed by atoms with Crippen LogP contribution in [0.4, 0.5) is 0 Å². The third-order valence-electron chi connectivity index (χ3n) is 3.31. The number of ether oxygens (including phenoxy) is 1. The van der Waals surface area contributed by atoms with Crippen molar-refractivity contribution in [2.75, 3.05) is 6.61 Å². The van der Waals surface area contributed by atoms with Crippen LogP contribution in [0, 0.1) is 0 Å². The maximum absolute atomic E-state index is 6.18. The maximum Gasteiger partial charge on any atom is 0.161 e. The van der Waals surface area contributed by atoms with Crippen molar-refractivity contribution >= 4 is 27.5 Å². The van der Waals surface area contributed by atoms with Crippen molar-refractivity contribution in [2.24, 2.45) is 0 Å². The third-order valence-corrected chi connectivity index (χ3v) is 4.64. The number of halogens is 2. The number of rotatable bonds is 3. The van der Waals surface area contributed by atoms with Gasteiger partial charge in [-0.3, -0.25) is 0 Å². The lowest BCUT2D eigenvalue weighted by molar-refractivity contribution is -0.0761. The van der Waals surface area contributed by atoms with Crippen LogP contribution < -0.4 is 0 Å². The van der Waals surface area contributed by atoms with Crippen molar-refractivity contribution in [1.82, 2.24) is 9.97 Å². The summed E-state index contributed by atoms with van der Waals surface area (Å²) in [6.45, 7) is 4.96. The minimum atomic E-state index is -0.384. The van der Waals surface area contributed by atoms with Crippen molar-refractivity contribution < 1.29 is 4.74 Å². The van der Waals surface area contributed by atoms with Crippen LogP contribution in [0.5, 0.6) is 0 Å². The van der Waals surface area contributed by atoms with Crippen LogP contribution in [0.1, 0.15) is 51.0 Å². The van der Waals surface area contributed by atoms with Crippen LogP contribution in [-0.2, 0) is 16.8 Å². The highest BCUT2D eigenvalue weighted by Crippen LogP contribution is 2.35. The topological polar surface area (TPSA) is 35.0 Å². The summed E-state index contributed by atoms with van der Waals surface area (Å²) in [5.74, 6) is 0.721. The predicted molar refractivity (Wildman–Crippen MR) is 75.9 cm³/mol. The van der Waals surface area contributed by atoms with Crippen molar-refractivity contribution in [1.29, 1.82) is 0 Å². The average molecular weight is 334 g/mol. The number of hydrogen-bond donors (Lipinski definition) is 0. The van der Waals surface area contributed by atoms with E-state index in [1.54, 1.807) is 0 Å². The van der Waals surface area contributed by atoms with Crippen LogP contribution >= 0.6 is 27.5 Å². The lowest BCUT2D eigenvalue weighted by Gasteiger charge is -2.32. The van der Waals surface area contributed by atoms with E-state index in [2.05, 4.69) is 39.7 Å². The molecule has 0 spiro atoms. The molecule has 1 saturated heterocycles. The number of aromatic nitrogens is 2. The van der Waals surface area contributed by atoms with Crippen LogP contribution in [0.15, 0.2) is 4.47 Å². The van der Waals surface area contributed by atoms with Gasteiger partial charge in [-0.15, -0.1) is 0 Å². The van der Waals surface area contributed by atoms with Gasteiger partial charge < -0.3 is 4.74 Å². The molecule has 0 amide bonds. The number of nitrogens with zero attached hydrogens (tertiary/aromatic N) is 2. The summed E-state index contributed by atoms with van der Waals surface area (Å²) >= 11 is 9.64. The predicted octanol–water partition coefficient (Wildman–Crippen LogP) is 4.26. The zero-order valence-corrected chi connectivity index (χ0v) is 13.1. The average Bonchev–Trinajstić information content (AvgIpc) is 2.36. The Morgan fingerprint density at radius 2 is 2.17 bits per heavy atom. The molecule has 0 N–H and O–H groups in total. The molecule has 1 unspecified atom stereocenters. The molecular formula is C13H18BrClN2O. The fraction of sp³-hybridized carbons (Fsp3) is 0.692. The molecular weight excluding hydrogens is 316 g/mol. The van der Waals surface area contributed by atoms with E-state index >= 15 is 0 Å². The van der Waals surface area contributed by atoms with Gasteiger partial charge in [-0.25, -0.2) is 9.97 Å². The lowest BCUT2D eigenvalue weighted by atomic mass is 9.95. The molecule has 0 bridgehead atoms. The minimum Gasteiger partial charge on any atom is -0.367 e. The molecule has 1 aromatic heterocycles. The summed E-state index contributed by atoms with van der Waals surface area (Å²) in [5.41, 5.74) is 0.591. The Morgan fingerprint density at radius 1 is 1.39 bits per heavy atom. The molecule has 5 heteroatoms. The quantitative estimate of drug-likeness (QED) is 0.775. The molecule has 1 aromatic rings. The minimum absolute atomic E-state index is 0.384. The fourth-order valence-corrected chi connectivity index (χ4v) is 2.78. The Labute approximate surface area is 121 Å². The molecule has 3 nitrogen and oxygen atoms in total. The van der Waals surface area contributed by atoms with Crippen LogP contribution in [0.25, 0.3) is 0 Å². The van der Waals surface area contributed by atoms with Crippen LogP contribution in [-0.4, -0.2) is 16.6 Å². The van der Waals surface area contributed by atoms with Gasteiger partial charge in [0.1, 0.15) is 10.8 Å². The monoisotopic (exact) mass is 332 g/mol. The first-order valence-corrected chi connectivity index (χ1v) is 7.60. The molecule has 1 aliphatic heterocycles. The first-order valence-electron chi connectivity index (χ1n) is 6.43. The van der Waals surface area contributed by atoms with Crippen LogP contribution in [0.3, 0.4) is 0 Å². The Balaban J connectivity index is 2.38. The molecule has 1 fully saturated rings. The first-order chi connectivity index (χ1) is 8.57. The van der Waals surface area contributed by atoms with Gasteiger partial charge in [0, 0.05) is 6.61 Å². The molecule has 2 rings (SSSR count). The van der Waals surface area contributed by atoms with Crippen molar-refractivity contribution in [3.05, 3.63) is 21.1 Å². The summed E-state index contributed by atoms with van der Waals surface area (Å²) in [6, 6.07) is 0. The van der Waals surface area contributed by atoms with Gasteiger partial charge in [0.2, 0.25) is 0 Å². The molecule has 18 heavy (non-hydrogen) atoms. The smallest absolute Gasteiger partial charge is 0.161 e. The molecule has 1 atom stereocenters. The van der Waals surface area contributed by atoms with Gasteiger partial charge in [-0.1, -0.05) is 24.9 Å². The lowest BCUT2D eigenvalue weighted by Crippen LogP contribution is -2.32. The highest BCUT2D eigenvalue weighted by atomic mass is 79.9. The van der Waals surface area contributed by atoms with Crippen LogP contribution in [0.2, 0.25) is 5.15 Å². The van der Waals surface area contributed by atoms with E-state index in [1.165, 1.54) is 0 Å². The van der Waals surface area contributed by atoms with Gasteiger partial charge in [-0.05, 0) is 48.5 Å². The zero-order chi connectivity index (χ0) is 13.2. The van der Waals surface area contributed by atoms with E-state index in [1.807, 2.05) is 0 Å². The van der Waals surface area contributed by atoms with Gasteiger partial charge in [0.15, 0.2) is 5.82 Å². The molecule has 0 aromatic carbocycles. The number of aryl methyl sites for hydroxylation is 1. The summed E-state index contributed by atoms with van der Waals surface area (Å²) in [7, 11) is 0. The van der Waals surface area contributed by atoms with E-state index in [0.717, 1.165) is 54.7 Å². The van der Waals surface area contributed by atoms with E-state index < -0.39 is 0 Å². The summed E-state index contributed by atoms with van der Waals surface area (Å²) in [6.07, 6.45) is 5.14. The molecule has 100 valence electrons. The second-order valence-corrected chi connectivity index (χ2v) is 6.04. The molecule has 0 radical (unpaired) electrons. The highest BCUT2D eigenvalue weighted by molar-refractivity contribution is 9.10.